The van der Waals surface area contributed by atoms with Gasteiger partial charge in [0.2, 0.25) is 5.91 Å². The first-order chi connectivity index (χ1) is 15.3. The molecule has 1 atom stereocenters. The lowest BCUT2D eigenvalue weighted by molar-refractivity contribution is -0.130. The number of primary amides is 1. The maximum atomic E-state index is 12.1. The Bertz CT molecular complexity index is 1070. The Morgan fingerprint density at radius 3 is 2.53 bits per heavy atom. The van der Waals surface area contributed by atoms with Crippen molar-refractivity contribution in [2.75, 3.05) is 26.2 Å². The molecule has 0 aromatic carbocycles. The molecule has 9 nitrogen and oxygen atoms in total. The number of nitrogens with two attached hydrogens (primary N) is 1. The van der Waals surface area contributed by atoms with Gasteiger partial charge in [0.05, 0.1) is 12.2 Å². The lowest BCUT2D eigenvalue weighted by Crippen LogP contribution is -2.49. The number of nitrogens with zero attached hydrogens (tertiary/aromatic N) is 6. The molecule has 2 amide bonds. The van der Waals surface area contributed by atoms with Crippen LogP contribution in [0.15, 0.2) is 35.7 Å². The number of hydrazone groups is 1. The van der Waals surface area contributed by atoms with E-state index >= 15 is 0 Å². The number of carbonyl (C=O) groups excluding carboxylic acids is 2. The molecule has 10 heteroatoms. The van der Waals surface area contributed by atoms with Gasteiger partial charge in [-0.3, -0.25) is 24.6 Å². The van der Waals surface area contributed by atoms with E-state index in [1.807, 2.05) is 37.1 Å². The molecule has 4 rings (SSSR count). The van der Waals surface area contributed by atoms with Crippen LogP contribution in [-0.2, 0) is 16.1 Å². The number of pyridine rings is 2. The zero-order chi connectivity index (χ0) is 22.8. The first-order valence-corrected chi connectivity index (χ1v) is 11.4. The molecule has 0 spiro atoms. The molecule has 1 fully saturated rings. The molecule has 1 unspecified atom stereocenters. The van der Waals surface area contributed by atoms with Gasteiger partial charge in [-0.1, -0.05) is 6.07 Å². The van der Waals surface area contributed by atoms with E-state index in [9.17, 15) is 9.59 Å². The van der Waals surface area contributed by atoms with Crippen LogP contribution in [0.3, 0.4) is 0 Å². The van der Waals surface area contributed by atoms with Gasteiger partial charge in [-0.2, -0.15) is 5.10 Å². The molecular formula is C22H27N7O2S. The molecule has 1 saturated heterocycles. The molecule has 2 aliphatic rings. The highest BCUT2D eigenvalue weighted by atomic mass is 32.2. The maximum Gasteiger partial charge on any atom is 0.252 e. The second-order valence-corrected chi connectivity index (χ2v) is 9.09. The minimum atomic E-state index is -0.571. The summed E-state index contributed by atoms with van der Waals surface area (Å²) in [7, 11) is 0. The molecule has 0 bridgehead atoms. The summed E-state index contributed by atoms with van der Waals surface area (Å²) in [6, 6.07) is 6.03. The number of amidine groups is 1. The normalized spacial score (nSPS) is 18.7. The third kappa shape index (κ3) is 4.69. The Kier molecular flexibility index (Phi) is 6.31. The fourth-order valence-corrected chi connectivity index (χ4v) is 4.96. The van der Waals surface area contributed by atoms with E-state index in [0.29, 0.717) is 32.7 Å². The van der Waals surface area contributed by atoms with Gasteiger partial charge in [-0.25, -0.2) is 0 Å². The van der Waals surface area contributed by atoms with Crippen LogP contribution in [0.25, 0.3) is 11.3 Å². The van der Waals surface area contributed by atoms with Gasteiger partial charge in [-0.15, -0.1) is 0 Å². The highest BCUT2D eigenvalue weighted by Crippen LogP contribution is 2.30. The van der Waals surface area contributed by atoms with Crippen molar-refractivity contribution >= 4 is 28.7 Å². The summed E-state index contributed by atoms with van der Waals surface area (Å²) in [6.45, 7) is 8.66. The van der Waals surface area contributed by atoms with E-state index in [-0.39, 0.29) is 5.91 Å². The third-order valence-corrected chi connectivity index (χ3v) is 6.84. The van der Waals surface area contributed by atoms with Crippen molar-refractivity contribution in [2.24, 2.45) is 10.8 Å². The van der Waals surface area contributed by atoms with Crippen LogP contribution in [0.1, 0.15) is 23.7 Å². The highest BCUT2D eigenvalue weighted by Gasteiger charge is 2.35. The molecule has 168 valence electrons. The predicted molar refractivity (Wildman–Crippen MR) is 124 cm³/mol. The molecule has 4 heterocycles. The lowest BCUT2D eigenvalue weighted by Gasteiger charge is -2.34. The van der Waals surface area contributed by atoms with Crippen molar-refractivity contribution in [2.45, 2.75) is 32.7 Å². The molecular weight excluding hydrogens is 426 g/mol. The molecule has 2 N–H and O–H groups in total. The van der Waals surface area contributed by atoms with Crippen molar-refractivity contribution in [3.8, 4) is 11.3 Å². The topological polar surface area (TPSA) is 108 Å². The lowest BCUT2D eigenvalue weighted by atomic mass is 10.1. The second kappa shape index (κ2) is 9.15. The maximum absolute atomic E-state index is 12.1. The number of piperazine rings is 1. The zero-order valence-electron chi connectivity index (χ0n) is 18.5. The summed E-state index contributed by atoms with van der Waals surface area (Å²) in [6.07, 6.45) is 3.60. The number of hydrogen-bond acceptors (Lipinski definition) is 8. The molecule has 2 aromatic heterocycles. The largest absolute Gasteiger partial charge is 0.367 e. The van der Waals surface area contributed by atoms with E-state index in [0.717, 1.165) is 33.2 Å². The van der Waals surface area contributed by atoms with Gasteiger partial charge in [-0.05, 0) is 48.9 Å². The predicted octanol–water partition coefficient (Wildman–Crippen LogP) is 1.56. The van der Waals surface area contributed by atoms with Crippen LogP contribution in [0.4, 0.5) is 0 Å². The number of thioether (sulfide) groups is 1. The summed E-state index contributed by atoms with van der Waals surface area (Å²) in [5.41, 5.74) is 10.5. The summed E-state index contributed by atoms with van der Waals surface area (Å²) >= 11 is 1.36. The van der Waals surface area contributed by atoms with Crippen molar-refractivity contribution in [1.29, 1.82) is 0 Å². The van der Waals surface area contributed by atoms with Gasteiger partial charge < -0.3 is 15.5 Å². The van der Waals surface area contributed by atoms with Crippen LogP contribution in [0.2, 0.25) is 0 Å². The Morgan fingerprint density at radius 1 is 1.16 bits per heavy atom. The van der Waals surface area contributed by atoms with Crippen LogP contribution in [-0.4, -0.2) is 73.3 Å². The van der Waals surface area contributed by atoms with E-state index < -0.39 is 11.3 Å². The first-order valence-electron chi connectivity index (χ1n) is 10.5. The van der Waals surface area contributed by atoms with Crippen LogP contribution >= 0.6 is 11.8 Å². The molecule has 32 heavy (non-hydrogen) atoms. The fourth-order valence-electron chi connectivity index (χ4n) is 3.92. The average Bonchev–Trinajstić information content (AvgIpc) is 3.18. The second-order valence-electron chi connectivity index (χ2n) is 8.04. The standard InChI is InChI=1S/C22H27N7O2S/c1-14-10-17(12-25-19(14)18-4-5-24-15(2)11-18)13-29-21(20(23)31)32-22(26-29)28-8-6-27(7-9-28)16(3)30/h4-5,10-12,21H,6-9,13H2,1-3H3,(H2,23,31). The number of carbonyl (C=O) groups is 2. The van der Waals surface area contributed by atoms with E-state index in [4.69, 9.17) is 10.8 Å². The van der Waals surface area contributed by atoms with E-state index in [2.05, 4.69) is 20.9 Å². The van der Waals surface area contributed by atoms with E-state index in [1.165, 1.54) is 11.8 Å². The van der Waals surface area contributed by atoms with Gasteiger partial charge in [0.15, 0.2) is 10.5 Å². The smallest absolute Gasteiger partial charge is 0.252 e. The SMILES string of the molecule is CC(=O)N1CCN(C2=NN(Cc3cnc(-c4ccnc(C)c4)c(C)c3)C(C(N)=O)S2)CC1. The number of amides is 2. The average molecular weight is 454 g/mol. The fraction of sp³-hybridized carbons (Fsp3) is 0.409. The van der Waals surface area contributed by atoms with Crippen molar-refractivity contribution in [3.05, 3.63) is 47.4 Å². The summed E-state index contributed by atoms with van der Waals surface area (Å²) in [5, 5.41) is 6.63. The number of aromatic nitrogens is 2. The molecule has 2 aliphatic heterocycles. The van der Waals surface area contributed by atoms with Crippen molar-refractivity contribution in [1.82, 2.24) is 24.8 Å². The highest BCUT2D eigenvalue weighted by molar-refractivity contribution is 8.15. The summed E-state index contributed by atoms with van der Waals surface area (Å²) in [5.74, 6) is -0.347. The van der Waals surface area contributed by atoms with Gasteiger partial charge in [0.25, 0.3) is 5.91 Å². The van der Waals surface area contributed by atoms with E-state index in [1.54, 1.807) is 18.1 Å². The van der Waals surface area contributed by atoms with Crippen molar-refractivity contribution < 1.29 is 9.59 Å². The molecule has 0 saturated carbocycles. The Labute approximate surface area is 191 Å². The zero-order valence-corrected chi connectivity index (χ0v) is 19.3. The summed E-state index contributed by atoms with van der Waals surface area (Å²) < 4.78 is 0. The van der Waals surface area contributed by atoms with Crippen LogP contribution in [0.5, 0.6) is 0 Å². The Balaban J connectivity index is 1.50. The minimum absolute atomic E-state index is 0.0792. The molecule has 2 aromatic rings. The molecule has 0 radical (unpaired) electrons. The van der Waals surface area contributed by atoms with Crippen LogP contribution in [0, 0.1) is 13.8 Å². The van der Waals surface area contributed by atoms with Gasteiger partial charge in [0, 0.05) is 56.8 Å². The molecule has 0 aliphatic carbocycles. The van der Waals surface area contributed by atoms with Crippen molar-refractivity contribution in [3.63, 3.8) is 0 Å². The van der Waals surface area contributed by atoms with Crippen LogP contribution < -0.4 is 5.73 Å². The summed E-state index contributed by atoms with van der Waals surface area (Å²) in [4.78, 5) is 36.5. The Hall–Kier alpha value is -3.14. The Morgan fingerprint density at radius 2 is 1.91 bits per heavy atom. The minimum Gasteiger partial charge on any atom is -0.367 e. The monoisotopic (exact) mass is 453 g/mol. The number of aryl methyl sites for hydroxylation is 2. The number of hydrogen-bond donors (Lipinski definition) is 1. The third-order valence-electron chi connectivity index (χ3n) is 5.59. The number of rotatable bonds is 4. The first kappa shape index (κ1) is 22.1. The quantitative estimate of drug-likeness (QED) is 0.748. The van der Waals surface area contributed by atoms with Gasteiger partial charge >= 0.3 is 0 Å². The van der Waals surface area contributed by atoms with Gasteiger partial charge in [0.1, 0.15) is 0 Å².